The summed E-state index contributed by atoms with van der Waals surface area (Å²) < 4.78 is 39.9. The lowest BCUT2D eigenvalue weighted by atomic mass is 10.1. The number of benzene rings is 2. The Morgan fingerprint density at radius 3 is 2.37 bits per heavy atom. The summed E-state index contributed by atoms with van der Waals surface area (Å²) in [5.41, 5.74) is 2.89. The van der Waals surface area contributed by atoms with Crippen molar-refractivity contribution in [1.29, 1.82) is 0 Å². The molecule has 0 spiro atoms. The van der Waals surface area contributed by atoms with Gasteiger partial charge in [-0.05, 0) is 67.6 Å². The standard InChI is InChI=1S/C20H25FN2O3S/c1-15-5-10-19(14-16(15)2)27(25,26)23-12-3-4-20(24)22-13-11-17-6-8-18(21)9-7-17/h5-10,14,23H,3-4,11-13H2,1-2H3,(H,22,24). The van der Waals surface area contributed by atoms with Crippen molar-refractivity contribution < 1.29 is 17.6 Å². The van der Waals surface area contributed by atoms with Gasteiger partial charge in [-0.1, -0.05) is 18.2 Å². The SMILES string of the molecule is Cc1ccc(S(=O)(=O)NCCCC(=O)NCCc2ccc(F)cc2)cc1C. The highest BCUT2D eigenvalue weighted by Crippen LogP contribution is 2.14. The van der Waals surface area contributed by atoms with Gasteiger partial charge < -0.3 is 5.32 Å². The Bertz CT molecular complexity index is 881. The lowest BCUT2D eigenvalue weighted by Crippen LogP contribution is -2.28. The Kier molecular flexibility index (Phi) is 7.50. The zero-order chi connectivity index (χ0) is 19.9. The normalized spacial score (nSPS) is 11.4. The van der Waals surface area contributed by atoms with Crippen LogP contribution in [0.4, 0.5) is 4.39 Å². The van der Waals surface area contributed by atoms with Crippen LogP contribution in [0.5, 0.6) is 0 Å². The Balaban J connectivity index is 1.68. The number of hydrogen-bond acceptors (Lipinski definition) is 3. The van der Waals surface area contributed by atoms with Crippen LogP contribution in [-0.4, -0.2) is 27.4 Å². The average molecular weight is 392 g/mol. The van der Waals surface area contributed by atoms with Crippen LogP contribution in [0.15, 0.2) is 47.4 Å². The monoisotopic (exact) mass is 392 g/mol. The fraction of sp³-hybridized carbons (Fsp3) is 0.350. The molecule has 0 atom stereocenters. The molecule has 0 saturated heterocycles. The molecule has 0 aliphatic carbocycles. The van der Waals surface area contributed by atoms with Crippen molar-refractivity contribution >= 4 is 15.9 Å². The molecule has 0 saturated carbocycles. The molecule has 2 N–H and O–H groups in total. The zero-order valence-corrected chi connectivity index (χ0v) is 16.4. The van der Waals surface area contributed by atoms with E-state index in [2.05, 4.69) is 10.0 Å². The molecule has 0 unspecified atom stereocenters. The van der Waals surface area contributed by atoms with E-state index in [1.165, 1.54) is 12.1 Å². The van der Waals surface area contributed by atoms with Crippen LogP contribution in [0, 0.1) is 19.7 Å². The van der Waals surface area contributed by atoms with Gasteiger partial charge in [0.15, 0.2) is 0 Å². The molecule has 0 bridgehead atoms. The molecule has 2 rings (SSSR count). The largest absolute Gasteiger partial charge is 0.356 e. The van der Waals surface area contributed by atoms with E-state index in [9.17, 15) is 17.6 Å². The number of carbonyl (C=O) groups is 1. The van der Waals surface area contributed by atoms with Crippen LogP contribution in [0.3, 0.4) is 0 Å². The molecule has 0 aromatic heterocycles. The van der Waals surface area contributed by atoms with Crippen LogP contribution in [0.25, 0.3) is 0 Å². The first-order valence-corrected chi connectivity index (χ1v) is 10.3. The first-order chi connectivity index (χ1) is 12.8. The van der Waals surface area contributed by atoms with Gasteiger partial charge in [0.05, 0.1) is 4.90 Å². The van der Waals surface area contributed by atoms with Crippen LogP contribution in [-0.2, 0) is 21.2 Å². The minimum Gasteiger partial charge on any atom is -0.356 e. The van der Waals surface area contributed by atoms with Crippen LogP contribution >= 0.6 is 0 Å². The molecule has 0 fully saturated rings. The fourth-order valence-corrected chi connectivity index (χ4v) is 3.66. The number of nitrogens with one attached hydrogen (secondary N) is 2. The molecule has 7 heteroatoms. The van der Waals surface area contributed by atoms with E-state index in [-0.39, 0.29) is 29.6 Å². The van der Waals surface area contributed by atoms with Gasteiger partial charge in [0.2, 0.25) is 15.9 Å². The van der Waals surface area contributed by atoms with Crippen molar-refractivity contribution in [3.05, 3.63) is 65.0 Å². The molecule has 0 aliphatic heterocycles. The third-order valence-corrected chi connectivity index (χ3v) is 5.77. The van der Waals surface area contributed by atoms with E-state index < -0.39 is 10.0 Å². The molecular weight excluding hydrogens is 367 g/mol. The zero-order valence-electron chi connectivity index (χ0n) is 15.6. The van der Waals surface area contributed by atoms with E-state index in [0.717, 1.165) is 16.7 Å². The summed E-state index contributed by atoms with van der Waals surface area (Å²) in [6.45, 7) is 4.44. The maximum Gasteiger partial charge on any atom is 0.240 e. The molecule has 5 nitrogen and oxygen atoms in total. The first-order valence-electron chi connectivity index (χ1n) is 8.86. The highest BCUT2D eigenvalue weighted by Gasteiger charge is 2.14. The predicted molar refractivity (Wildman–Crippen MR) is 103 cm³/mol. The molecule has 0 radical (unpaired) electrons. The smallest absolute Gasteiger partial charge is 0.240 e. The number of aryl methyl sites for hydroxylation is 2. The van der Waals surface area contributed by atoms with E-state index in [1.54, 1.807) is 30.3 Å². The van der Waals surface area contributed by atoms with Crippen molar-refractivity contribution in [3.8, 4) is 0 Å². The summed E-state index contributed by atoms with van der Waals surface area (Å²) in [5, 5.41) is 2.78. The molecule has 146 valence electrons. The highest BCUT2D eigenvalue weighted by molar-refractivity contribution is 7.89. The quantitative estimate of drug-likeness (QED) is 0.645. The third kappa shape index (κ3) is 6.77. The van der Waals surface area contributed by atoms with Gasteiger partial charge in [0.25, 0.3) is 0 Å². The maximum atomic E-state index is 12.8. The maximum absolute atomic E-state index is 12.8. The van der Waals surface area contributed by atoms with Gasteiger partial charge >= 0.3 is 0 Å². The molecule has 27 heavy (non-hydrogen) atoms. The molecule has 2 aromatic carbocycles. The summed E-state index contributed by atoms with van der Waals surface area (Å²) in [6, 6.07) is 11.1. The Labute approximate surface area is 160 Å². The lowest BCUT2D eigenvalue weighted by Gasteiger charge is -2.09. The van der Waals surface area contributed by atoms with Gasteiger partial charge in [-0.2, -0.15) is 0 Å². The highest BCUT2D eigenvalue weighted by atomic mass is 32.2. The Morgan fingerprint density at radius 2 is 1.70 bits per heavy atom. The van der Waals surface area contributed by atoms with Crippen molar-refractivity contribution in [2.24, 2.45) is 0 Å². The second-order valence-corrected chi connectivity index (χ2v) is 8.24. The van der Waals surface area contributed by atoms with Gasteiger partial charge in [-0.15, -0.1) is 0 Å². The number of sulfonamides is 1. The number of amides is 1. The van der Waals surface area contributed by atoms with E-state index in [4.69, 9.17) is 0 Å². The second kappa shape index (κ2) is 9.62. The topological polar surface area (TPSA) is 75.3 Å². The minimum absolute atomic E-state index is 0.137. The number of carbonyl (C=O) groups excluding carboxylic acids is 1. The predicted octanol–water partition coefficient (Wildman–Crippen LogP) is 2.86. The van der Waals surface area contributed by atoms with Crippen LogP contribution in [0.2, 0.25) is 0 Å². The molecule has 0 heterocycles. The van der Waals surface area contributed by atoms with Crippen molar-refractivity contribution in [3.63, 3.8) is 0 Å². The summed E-state index contributed by atoms with van der Waals surface area (Å²) in [6.07, 6.45) is 1.26. The fourth-order valence-electron chi connectivity index (χ4n) is 2.51. The third-order valence-electron chi connectivity index (χ3n) is 4.31. The van der Waals surface area contributed by atoms with Crippen molar-refractivity contribution in [1.82, 2.24) is 10.0 Å². The van der Waals surface area contributed by atoms with Gasteiger partial charge in [0.1, 0.15) is 5.82 Å². The summed E-state index contributed by atoms with van der Waals surface area (Å²) in [7, 11) is -3.57. The number of rotatable bonds is 9. The number of hydrogen-bond donors (Lipinski definition) is 2. The summed E-state index contributed by atoms with van der Waals surface area (Å²) in [5.74, 6) is -0.423. The van der Waals surface area contributed by atoms with Gasteiger partial charge in [-0.25, -0.2) is 17.5 Å². The first kappa shape index (κ1) is 21.1. The average Bonchev–Trinajstić information content (AvgIpc) is 2.62. The summed E-state index contributed by atoms with van der Waals surface area (Å²) >= 11 is 0. The second-order valence-electron chi connectivity index (χ2n) is 6.47. The van der Waals surface area contributed by atoms with Crippen molar-refractivity contribution in [2.75, 3.05) is 13.1 Å². The number of halogens is 1. The van der Waals surface area contributed by atoms with Gasteiger partial charge in [0, 0.05) is 19.5 Å². The lowest BCUT2D eigenvalue weighted by molar-refractivity contribution is -0.121. The van der Waals surface area contributed by atoms with E-state index in [1.807, 2.05) is 13.8 Å². The van der Waals surface area contributed by atoms with Gasteiger partial charge in [-0.3, -0.25) is 4.79 Å². The molecule has 0 aliphatic rings. The molecule has 1 amide bonds. The Hall–Kier alpha value is -2.25. The Morgan fingerprint density at radius 1 is 1.00 bits per heavy atom. The molecule has 2 aromatic rings. The molecular formula is C20H25FN2O3S. The minimum atomic E-state index is -3.57. The van der Waals surface area contributed by atoms with Crippen LogP contribution < -0.4 is 10.0 Å². The van der Waals surface area contributed by atoms with E-state index in [0.29, 0.717) is 19.4 Å². The van der Waals surface area contributed by atoms with Crippen molar-refractivity contribution in [2.45, 2.75) is 38.0 Å². The van der Waals surface area contributed by atoms with Crippen LogP contribution in [0.1, 0.15) is 29.5 Å². The summed E-state index contributed by atoms with van der Waals surface area (Å²) in [4.78, 5) is 12.0. The van der Waals surface area contributed by atoms with E-state index >= 15 is 0 Å².